The third kappa shape index (κ3) is 4.60. The number of carbonyl (C=O) groups excluding carboxylic acids is 3. The van der Waals surface area contributed by atoms with Crippen molar-refractivity contribution in [3.63, 3.8) is 0 Å². The lowest BCUT2D eigenvalue weighted by molar-refractivity contribution is -0.182. The van der Waals surface area contributed by atoms with E-state index in [0.29, 0.717) is 25.0 Å². The number of carboxylic acid groups (broad SMARTS) is 1. The van der Waals surface area contributed by atoms with Crippen molar-refractivity contribution in [2.24, 2.45) is 23.2 Å². The Morgan fingerprint density at radius 1 is 1.28 bits per heavy atom. The molecule has 0 bridgehead atoms. The molecule has 1 N–H and O–H groups in total. The SMILES string of the molecule is C[Si](C)OC[C@H]([C@@H]1C(=O)N(C(=O)C(=O)O)[C@@H]1[C@@H]1CCc2ccc(Br)cc2C1=O)C(C)(C)C. The van der Waals surface area contributed by atoms with Crippen LogP contribution in [0.25, 0.3) is 0 Å². The summed E-state index contributed by atoms with van der Waals surface area (Å²) in [5.41, 5.74) is 1.15. The first-order valence-electron chi connectivity index (χ1n) is 10.7. The number of Topliss-reactive ketones (excluding diaryl/α,β-unsaturated/α-hetero) is 1. The molecule has 0 aromatic heterocycles. The minimum absolute atomic E-state index is 0.150. The van der Waals surface area contributed by atoms with E-state index < -0.39 is 44.7 Å². The number of carboxylic acids is 1. The van der Waals surface area contributed by atoms with E-state index in [0.717, 1.165) is 14.9 Å². The fourth-order valence-corrected chi connectivity index (χ4v) is 5.70. The van der Waals surface area contributed by atoms with E-state index in [9.17, 15) is 24.3 Å². The zero-order valence-corrected chi connectivity index (χ0v) is 21.6. The molecule has 173 valence electrons. The van der Waals surface area contributed by atoms with Gasteiger partial charge in [-0.3, -0.25) is 19.3 Å². The van der Waals surface area contributed by atoms with E-state index in [2.05, 4.69) is 15.9 Å². The molecule has 32 heavy (non-hydrogen) atoms. The highest BCUT2D eigenvalue weighted by Gasteiger charge is 2.61. The Hall–Kier alpha value is -1.84. The van der Waals surface area contributed by atoms with Crippen LogP contribution in [0.3, 0.4) is 0 Å². The van der Waals surface area contributed by atoms with Crippen molar-refractivity contribution in [2.75, 3.05) is 6.61 Å². The smallest absolute Gasteiger partial charge is 0.395 e. The molecule has 1 aromatic rings. The molecule has 2 aliphatic rings. The fourth-order valence-electron chi connectivity index (χ4n) is 4.82. The van der Waals surface area contributed by atoms with Crippen molar-refractivity contribution in [3.8, 4) is 0 Å². The topological polar surface area (TPSA) is 101 Å². The van der Waals surface area contributed by atoms with E-state index in [1.165, 1.54) is 0 Å². The number of ketones is 1. The Bertz CT molecular complexity index is 956. The molecule has 1 aliphatic heterocycles. The number of amides is 2. The average molecular weight is 523 g/mol. The summed E-state index contributed by atoms with van der Waals surface area (Å²) in [6.45, 7) is 10.3. The second-order valence-electron chi connectivity index (χ2n) is 9.84. The van der Waals surface area contributed by atoms with Crippen LogP contribution in [0.5, 0.6) is 0 Å². The molecule has 0 unspecified atom stereocenters. The van der Waals surface area contributed by atoms with Crippen LogP contribution in [-0.4, -0.2) is 55.3 Å². The van der Waals surface area contributed by atoms with E-state index >= 15 is 0 Å². The van der Waals surface area contributed by atoms with Crippen LogP contribution < -0.4 is 0 Å². The van der Waals surface area contributed by atoms with Crippen LogP contribution in [0.2, 0.25) is 13.1 Å². The number of aryl methyl sites for hydroxylation is 1. The summed E-state index contributed by atoms with van der Waals surface area (Å²) in [6, 6.07) is 4.75. The number of β-lactam (4-membered cyclic amide) rings is 1. The Morgan fingerprint density at radius 3 is 2.50 bits per heavy atom. The summed E-state index contributed by atoms with van der Waals surface area (Å²) < 4.78 is 6.72. The lowest BCUT2D eigenvalue weighted by atomic mass is 9.61. The van der Waals surface area contributed by atoms with Crippen molar-refractivity contribution in [3.05, 3.63) is 33.8 Å². The summed E-state index contributed by atoms with van der Waals surface area (Å²) in [6.07, 6.45) is 1.08. The molecule has 1 aromatic carbocycles. The monoisotopic (exact) mass is 522 g/mol. The standard InChI is InChI=1S/C23H29BrNO6Si/c1-23(2,3)16(11-31-32(4)5)17-18(25(20(17)27)21(28)22(29)30)14-9-7-12-6-8-13(24)10-15(12)19(14)26/h6,8,10,14,16-18H,7,9,11H2,1-5H3,(H,29,30)/t14-,16+,17-,18+/m0/s1. The van der Waals surface area contributed by atoms with Crippen LogP contribution in [0.15, 0.2) is 22.7 Å². The summed E-state index contributed by atoms with van der Waals surface area (Å²) in [4.78, 5) is 51.4. The van der Waals surface area contributed by atoms with Gasteiger partial charge in [0, 0.05) is 22.6 Å². The third-order valence-corrected chi connectivity index (χ3v) is 7.74. The summed E-state index contributed by atoms with van der Waals surface area (Å²) in [7, 11) is -1.02. The van der Waals surface area contributed by atoms with Crippen LogP contribution in [-0.2, 0) is 25.2 Å². The minimum atomic E-state index is -1.69. The molecule has 1 radical (unpaired) electrons. The van der Waals surface area contributed by atoms with E-state index in [1.54, 1.807) is 6.07 Å². The van der Waals surface area contributed by atoms with Crippen molar-refractivity contribution in [2.45, 2.75) is 52.7 Å². The number of rotatable bonds is 5. The van der Waals surface area contributed by atoms with Gasteiger partial charge in [0.1, 0.15) is 0 Å². The summed E-state index contributed by atoms with van der Waals surface area (Å²) in [5.74, 6) is -5.18. The second kappa shape index (κ2) is 9.19. The fraction of sp³-hybridized carbons (Fsp3) is 0.565. The predicted molar refractivity (Wildman–Crippen MR) is 123 cm³/mol. The van der Waals surface area contributed by atoms with E-state index in [4.69, 9.17) is 4.43 Å². The molecule has 4 atom stereocenters. The number of halogens is 1. The number of benzene rings is 1. The first-order valence-corrected chi connectivity index (χ1v) is 13.9. The normalized spacial score (nSPS) is 24.2. The number of fused-ring (bicyclic) bond motifs is 1. The average Bonchev–Trinajstić information content (AvgIpc) is 2.68. The van der Waals surface area contributed by atoms with Crippen molar-refractivity contribution in [1.82, 2.24) is 4.90 Å². The zero-order valence-electron chi connectivity index (χ0n) is 19.0. The van der Waals surface area contributed by atoms with Crippen molar-refractivity contribution < 1.29 is 28.7 Å². The molecule has 2 amide bonds. The lowest BCUT2D eigenvalue weighted by Gasteiger charge is -2.54. The molecule has 1 aliphatic carbocycles. The maximum absolute atomic E-state index is 13.5. The highest BCUT2D eigenvalue weighted by atomic mass is 79.9. The molecular formula is C23H29BrNO6Si. The first-order chi connectivity index (χ1) is 14.8. The van der Waals surface area contributed by atoms with Gasteiger partial charge in [-0.1, -0.05) is 42.8 Å². The third-order valence-electron chi connectivity index (χ3n) is 6.50. The summed E-state index contributed by atoms with van der Waals surface area (Å²) in [5, 5.41) is 9.32. The molecule has 0 spiro atoms. The van der Waals surface area contributed by atoms with Gasteiger partial charge in [-0.15, -0.1) is 0 Å². The quantitative estimate of drug-likeness (QED) is 0.360. The summed E-state index contributed by atoms with van der Waals surface area (Å²) >= 11 is 3.40. The Morgan fingerprint density at radius 2 is 1.94 bits per heavy atom. The molecule has 3 rings (SSSR count). The van der Waals surface area contributed by atoms with Gasteiger partial charge in [0.2, 0.25) is 14.9 Å². The number of imide groups is 1. The van der Waals surface area contributed by atoms with Gasteiger partial charge in [-0.2, -0.15) is 0 Å². The number of hydrogen-bond donors (Lipinski definition) is 1. The Balaban J connectivity index is 2.02. The molecule has 1 fully saturated rings. The number of aliphatic carboxylic acids is 1. The van der Waals surface area contributed by atoms with Crippen molar-refractivity contribution >= 4 is 48.5 Å². The van der Waals surface area contributed by atoms with Gasteiger partial charge >= 0.3 is 11.9 Å². The molecule has 1 heterocycles. The molecule has 7 nitrogen and oxygen atoms in total. The minimum Gasteiger partial charge on any atom is -0.474 e. The molecular weight excluding hydrogens is 494 g/mol. The predicted octanol–water partition coefficient (Wildman–Crippen LogP) is 3.56. The maximum Gasteiger partial charge on any atom is 0.395 e. The highest BCUT2D eigenvalue weighted by molar-refractivity contribution is 9.10. The number of nitrogens with zero attached hydrogens (tertiary/aromatic N) is 1. The van der Waals surface area contributed by atoms with Crippen LogP contribution >= 0.6 is 15.9 Å². The van der Waals surface area contributed by atoms with Gasteiger partial charge in [-0.05, 0) is 55.0 Å². The zero-order chi connectivity index (χ0) is 24.0. The van der Waals surface area contributed by atoms with Crippen LogP contribution in [0, 0.1) is 23.2 Å². The largest absolute Gasteiger partial charge is 0.474 e. The first kappa shape index (κ1) is 24.8. The number of likely N-dealkylation sites (tertiary alicyclic amines) is 1. The van der Waals surface area contributed by atoms with Crippen LogP contribution in [0.1, 0.15) is 43.1 Å². The molecule has 9 heteroatoms. The highest BCUT2D eigenvalue weighted by Crippen LogP contribution is 2.47. The lowest BCUT2D eigenvalue weighted by Crippen LogP contribution is -2.71. The van der Waals surface area contributed by atoms with Gasteiger partial charge < -0.3 is 9.53 Å². The van der Waals surface area contributed by atoms with Gasteiger partial charge in [0.05, 0.1) is 12.0 Å². The van der Waals surface area contributed by atoms with Gasteiger partial charge in [0.15, 0.2) is 5.78 Å². The van der Waals surface area contributed by atoms with E-state index in [1.807, 2.05) is 46.0 Å². The molecule has 0 saturated carbocycles. The Labute approximate surface area is 198 Å². The second-order valence-corrected chi connectivity index (χ2v) is 12.9. The van der Waals surface area contributed by atoms with Gasteiger partial charge in [0.25, 0.3) is 0 Å². The van der Waals surface area contributed by atoms with Crippen molar-refractivity contribution in [1.29, 1.82) is 0 Å². The molecule has 1 saturated heterocycles. The number of hydrogen-bond acceptors (Lipinski definition) is 5. The van der Waals surface area contributed by atoms with Gasteiger partial charge in [-0.25, -0.2) is 4.79 Å². The van der Waals surface area contributed by atoms with Crippen LogP contribution in [0.4, 0.5) is 0 Å². The number of carbonyl (C=O) groups is 4. The van der Waals surface area contributed by atoms with E-state index in [-0.39, 0.29) is 17.1 Å². The Kier molecular flexibility index (Phi) is 7.12. The maximum atomic E-state index is 13.5.